The first kappa shape index (κ1) is 95.1. The molecule has 8 saturated heterocycles. The van der Waals surface area contributed by atoms with Gasteiger partial charge in [-0.1, -0.05) is 53.2 Å². The van der Waals surface area contributed by atoms with Crippen LogP contribution in [-0.2, 0) is 119 Å². The van der Waals surface area contributed by atoms with Gasteiger partial charge in [-0.25, -0.2) is 4.79 Å². The van der Waals surface area contributed by atoms with Crippen molar-refractivity contribution in [3.8, 4) is 0 Å². The van der Waals surface area contributed by atoms with Gasteiger partial charge in [0.2, 0.25) is 6.29 Å². The van der Waals surface area contributed by atoms with E-state index in [2.05, 4.69) is 40.7 Å². The highest BCUT2D eigenvalue weighted by Crippen LogP contribution is 2.76. The SMILES string of the molecule is CC(=O)O[C@H]1[C@@H](OC(C)=O)[C@@H](C)O[C@@H](OC(=O)[C@]23CCC(C)(C)C[C@H]2C2=CC[C@@H]4[C@@]5(C)CC[C@H](O[C@@H]6O[C@H](C(=O)O)[C@@H](O)[C@H](O[C@@H]7OC[C@@H](O)[C@H](O)[C@H]7O)[C@H]6O[C@H]6O[C@@H](CO)[C@@H](O)[C@@H](O)[C@@H]6O)[C@@](C)(C=O)[C@@H]5CC[C@@]4(C)[C@]2(C)CC3)[C@@H]1O[C@@H]1O[C@@H](C)[C@H](O[C@@H]2OC[C@@H](O[C@@H]3OC[C@@H](O)[C@H](O[C@@H]4OC[C@@H](O)[C@H](O)[C@H]4O)[C@H]3O)[C@H](O)[C@H]2O)[C@@H](OC(C)=O)[C@H]1O. The van der Waals surface area contributed by atoms with E-state index in [1.54, 1.807) is 6.92 Å². The fraction of sp³-hybridized carbons (Fsp3) is 0.900. The van der Waals surface area contributed by atoms with E-state index < -0.39 is 329 Å². The summed E-state index contributed by atoms with van der Waals surface area (Å²) < 4.78 is 114. The Morgan fingerprint density at radius 1 is 0.443 bits per heavy atom. The summed E-state index contributed by atoms with van der Waals surface area (Å²) in [5.74, 6) is -6.32. The molecule has 694 valence electrons. The molecular weight excluding hydrogens is 1630 g/mol. The monoisotopic (exact) mass is 1750 g/mol. The van der Waals surface area contributed by atoms with Gasteiger partial charge in [-0.15, -0.1) is 0 Å². The zero-order valence-corrected chi connectivity index (χ0v) is 69.7. The van der Waals surface area contributed by atoms with Crippen LogP contribution in [0.5, 0.6) is 0 Å². The molecule has 42 heteroatoms. The molecule has 4 saturated carbocycles. The van der Waals surface area contributed by atoms with Crippen molar-refractivity contribution >= 4 is 36.1 Å². The number of aliphatic hydroxyl groups is 16. The van der Waals surface area contributed by atoms with E-state index in [9.17, 15) is 111 Å². The Kier molecular flexibility index (Phi) is 28.7. The van der Waals surface area contributed by atoms with Crippen LogP contribution in [-0.4, -0.2) is 383 Å². The number of hydrogen-bond acceptors (Lipinski definition) is 41. The molecule has 0 radical (unpaired) electrons. The fourth-order valence-corrected chi connectivity index (χ4v) is 22.0. The molecule has 0 aromatic rings. The van der Waals surface area contributed by atoms with Crippen LogP contribution in [0.2, 0.25) is 0 Å². The van der Waals surface area contributed by atoms with Crippen LogP contribution < -0.4 is 0 Å². The number of rotatable bonds is 22. The first-order valence-corrected chi connectivity index (χ1v) is 41.9. The Morgan fingerprint density at radius 2 is 0.943 bits per heavy atom. The first-order chi connectivity index (χ1) is 57.3. The van der Waals surface area contributed by atoms with Crippen LogP contribution in [0, 0.1) is 50.2 Å². The van der Waals surface area contributed by atoms with Crippen molar-refractivity contribution in [2.45, 2.75) is 368 Å². The zero-order chi connectivity index (χ0) is 89.0. The third-order valence-electron chi connectivity index (χ3n) is 29.0. The van der Waals surface area contributed by atoms with E-state index in [4.69, 9.17) is 90.0 Å². The molecule has 0 aromatic heterocycles. The van der Waals surface area contributed by atoms with Gasteiger partial charge < -0.3 is 182 Å². The van der Waals surface area contributed by atoms with Gasteiger partial charge in [-0.05, 0) is 117 Å². The van der Waals surface area contributed by atoms with Gasteiger partial charge in [0, 0.05) is 20.8 Å². The number of carboxylic acids is 1. The van der Waals surface area contributed by atoms with Crippen molar-refractivity contribution in [2.24, 2.45) is 50.2 Å². The number of carbonyl (C=O) groups excluding carboxylic acids is 5. The van der Waals surface area contributed by atoms with Crippen LogP contribution in [0.1, 0.15) is 140 Å². The molecule has 13 rings (SSSR count). The van der Waals surface area contributed by atoms with Gasteiger partial charge in [0.1, 0.15) is 134 Å². The van der Waals surface area contributed by atoms with Crippen molar-refractivity contribution in [3.63, 3.8) is 0 Å². The molecule has 0 amide bonds. The van der Waals surface area contributed by atoms with Crippen molar-refractivity contribution in [1.29, 1.82) is 0 Å². The van der Waals surface area contributed by atoms with Crippen molar-refractivity contribution in [1.82, 2.24) is 0 Å². The van der Waals surface area contributed by atoms with Crippen LogP contribution >= 0.6 is 0 Å². The third kappa shape index (κ3) is 17.6. The van der Waals surface area contributed by atoms with Crippen LogP contribution in [0.25, 0.3) is 0 Å². The third-order valence-corrected chi connectivity index (χ3v) is 29.0. The highest BCUT2D eigenvalue weighted by Gasteiger charge is 2.72. The predicted octanol–water partition coefficient (Wildman–Crippen LogP) is -5.14. The summed E-state index contributed by atoms with van der Waals surface area (Å²) in [6.07, 6.45) is -58.7. The Balaban J connectivity index is 0.737. The molecule has 8 aliphatic heterocycles. The largest absolute Gasteiger partial charge is 0.479 e. The number of aliphatic carboxylic acids is 1. The highest BCUT2D eigenvalue weighted by atomic mass is 16.8. The average Bonchev–Trinajstić information content (AvgIpc) is 0.672. The Bertz CT molecular complexity index is 3710. The van der Waals surface area contributed by atoms with Crippen molar-refractivity contribution in [2.75, 3.05) is 33.0 Å². The molecule has 8 heterocycles. The average molecular weight is 1760 g/mol. The summed E-state index contributed by atoms with van der Waals surface area (Å²) in [5.41, 5.74) is -3.91. The predicted molar refractivity (Wildman–Crippen MR) is 396 cm³/mol. The van der Waals surface area contributed by atoms with Gasteiger partial charge in [0.25, 0.3) is 0 Å². The number of esters is 4. The number of carbonyl (C=O) groups is 6. The summed E-state index contributed by atoms with van der Waals surface area (Å²) in [5, 5.41) is 186. The highest BCUT2D eigenvalue weighted by molar-refractivity contribution is 5.79. The first-order valence-electron chi connectivity index (χ1n) is 41.9. The summed E-state index contributed by atoms with van der Waals surface area (Å²) >= 11 is 0. The van der Waals surface area contributed by atoms with Crippen LogP contribution in [0.3, 0.4) is 0 Å². The lowest BCUT2D eigenvalue weighted by Crippen LogP contribution is -2.69. The van der Waals surface area contributed by atoms with Gasteiger partial charge in [0.05, 0.1) is 62.2 Å². The van der Waals surface area contributed by atoms with E-state index in [1.165, 1.54) is 13.8 Å². The molecule has 13 aliphatic rings. The molecule has 0 bridgehead atoms. The van der Waals surface area contributed by atoms with Gasteiger partial charge in [0.15, 0.2) is 74.6 Å². The maximum absolute atomic E-state index is 16.2. The second kappa shape index (κ2) is 36.8. The van der Waals surface area contributed by atoms with Crippen LogP contribution in [0.15, 0.2) is 11.6 Å². The molecule has 5 aliphatic carbocycles. The lowest BCUT2D eigenvalue weighted by molar-refractivity contribution is -0.391. The van der Waals surface area contributed by atoms with E-state index in [0.29, 0.717) is 51.4 Å². The lowest BCUT2D eigenvalue weighted by Gasteiger charge is -2.71. The molecule has 45 atom stereocenters. The van der Waals surface area contributed by atoms with E-state index in [-0.39, 0.29) is 24.2 Å². The minimum Gasteiger partial charge on any atom is -0.479 e. The minimum atomic E-state index is -2.23. The number of ether oxygens (including phenoxy) is 19. The fourth-order valence-electron chi connectivity index (χ4n) is 22.0. The molecule has 0 aromatic carbocycles. The van der Waals surface area contributed by atoms with Crippen molar-refractivity contribution < 1.29 is 206 Å². The van der Waals surface area contributed by atoms with Gasteiger partial charge in [-0.2, -0.15) is 0 Å². The van der Waals surface area contributed by atoms with E-state index in [1.807, 2.05) is 0 Å². The topological polar surface area (TPSA) is 622 Å². The summed E-state index contributed by atoms with van der Waals surface area (Å²) in [6.45, 7) is 15.6. The van der Waals surface area contributed by atoms with Crippen molar-refractivity contribution in [3.05, 3.63) is 11.6 Å². The number of aldehydes is 1. The number of allylic oxidation sites excluding steroid dienone is 2. The number of fused-ring (bicyclic) bond motifs is 7. The number of hydrogen-bond donors (Lipinski definition) is 17. The minimum absolute atomic E-state index is 0.111. The smallest absolute Gasteiger partial charge is 0.335 e. The molecule has 0 unspecified atom stereocenters. The molecule has 17 N–H and O–H groups in total. The quantitative estimate of drug-likeness (QED) is 0.0158. The second-order valence-corrected chi connectivity index (χ2v) is 37.1. The molecule has 12 fully saturated rings. The standard InChI is InChI=1S/C80H122O42/c1-29-56(116-68-51(96)47(92)40(27-107-68)114-69-54(99)58(38(88)26-106-69)117-66-49(94)44(89)36(86)24-104-66)60(111-32(4)84)55(100)71(108-29)121-64-62(112-33(5)85)57(110-31(3)83)30(2)109-72(64)122-74(103)80-20-18-75(6,7)22-35(80)34-12-13-42-76(8)16-15-43(77(9,28-82)41(76)14-17-79(42,11)78(34,10)19-21-80)115-73-63(120-70-52(97)48(93)46(91)39(23-81)113-70)59(53(98)61(119-73)65(101)102)118-67-50(95)45(90)37(87)25-105-67/h12,28-30,35-64,66-73,81,86-100H,13-27H2,1-11H3,(H,101,102)/t29-,30+,35-,36+,37+,38+,39-,40+,41+,42+,43-,44-,45-,46+,47-,48+,49+,50+,51+,52-,53-,54+,55+,56-,57-,58-,59-,60-,61-,62-,63+,64+,66-,67-,68-,69-,70+,71-,72-,73+,76-,77-,78+,79+,80-/m0/s1. The Labute approximate surface area is 701 Å². The van der Waals surface area contributed by atoms with E-state index in [0.717, 1.165) is 32.6 Å². The number of aliphatic hydroxyl groups excluding tert-OH is 16. The molecular formula is C80H122O42. The van der Waals surface area contributed by atoms with Gasteiger partial charge >= 0.3 is 29.8 Å². The maximum atomic E-state index is 16.2. The van der Waals surface area contributed by atoms with E-state index >= 15 is 4.79 Å². The zero-order valence-electron chi connectivity index (χ0n) is 69.7. The van der Waals surface area contributed by atoms with Gasteiger partial charge in [-0.3, -0.25) is 19.2 Å². The summed E-state index contributed by atoms with van der Waals surface area (Å²) in [4.78, 5) is 83.0. The normalized spacial score (nSPS) is 51.5. The maximum Gasteiger partial charge on any atom is 0.335 e. The lowest BCUT2D eigenvalue weighted by atomic mass is 9.33. The second-order valence-electron chi connectivity index (χ2n) is 37.1. The number of carboxylic acid groups (broad SMARTS) is 1. The Morgan fingerprint density at radius 3 is 1.54 bits per heavy atom. The molecule has 122 heavy (non-hydrogen) atoms. The van der Waals surface area contributed by atoms with Crippen LogP contribution in [0.4, 0.5) is 0 Å². The Hall–Kier alpha value is -4.48. The molecule has 0 spiro atoms. The summed E-state index contributed by atoms with van der Waals surface area (Å²) in [7, 11) is 0. The summed E-state index contributed by atoms with van der Waals surface area (Å²) in [6, 6.07) is 0. The molecule has 42 nitrogen and oxygen atoms in total.